The Morgan fingerprint density at radius 3 is 3.00 bits per heavy atom. The molecule has 15 heavy (non-hydrogen) atoms. The lowest BCUT2D eigenvalue weighted by Crippen LogP contribution is -2.30. The molecule has 0 saturated carbocycles. The Hall–Kier alpha value is -1.21. The number of nitrogens with zero attached hydrogens (tertiary/aromatic N) is 3. The number of hydrogen-bond acceptors (Lipinski definition) is 6. The van der Waals surface area contributed by atoms with Crippen molar-refractivity contribution in [1.29, 1.82) is 0 Å². The molecule has 1 heterocycles. The summed E-state index contributed by atoms with van der Waals surface area (Å²) in [6, 6.07) is 0. The molecular weight excluding hydrogens is 214 g/mol. The second-order valence-electron chi connectivity index (χ2n) is 3.22. The van der Waals surface area contributed by atoms with E-state index < -0.39 is 0 Å². The van der Waals surface area contributed by atoms with Gasteiger partial charge >= 0.3 is 0 Å². The fraction of sp³-hybridized carbons (Fsp3) is 0.625. The van der Waals surface area contributed by atoms with E-state index >= 15 is 0 Å². The molecule has 6 nitrogen and oxygen atoms in total. The highest BCUT2D eigenvalue weighted by Crippen LogP contribution is 2.18. The van der Waals surface area contributed by atoms with Gasteiger partial charge in [0, 0.05) is 24.6 Å². The molecule has 3 N–H and O–H groups in total. The smallest absolute Gasteiger partial charge is 0.231 e. The second-order valence-corrected chi connectivity index (χ2v) is 3.97. The third-order valence-electron chi connectivity index (χ3n) is 1.74. The highest BCUT2D eigenvalue weighted by atomic mass is 32.1. The normalized spacial score (nSPS) is 10.6. The number of anilines is 1. The summed E-state index contributed by atoms with van der Waals surface area (Å²) in [5, 5.41) is 8.11. The number of amides is 1. The van der Waals surface area contributed by atoms with E-state index in [0.717, 1.165) is 17.2 Å². The molecule has 0 spiro atoms. The lowest BCUT2D eigenvalue weighted by Gasteiger charge is -2.13. The maximum absolute atomic E-state index is 10.7. The lowest BCUT2D eigenvalue weighted by atomic mass is 10.4. The van der Waals surface area contributed by atoms with Crippen molar-refractivity contribution in [3.8, 4) is 0 Å². The lowest BCUT2D eigenvalue weighted by molar-refractivity contribution is -0.118. The number of nitrogens with two attached hydrogens (primary N) is 1. The van der Waals surface area contributed by atoms with Gasteiger partial charge in [0.25, 0.3) is 0 Å². The van der Waals surface area contributed by atoms with Gasteiger partial charge in [0.15, 0.2) is 0 Å². The van der Waals surface area contributed by atoms with Gasteiger partial charge in [-0.1, -0.05) is 4.49 Å². The number of rotatable bonds is 6. The molecule has 0 unspecified atom stereocenters. The minimum Gasteiger partial charge on any atom is -0.374 e. The molecule has 0 aliphatic heterocycles. The van der Waals surface area contributed by atoms with Crippen molar-refractivity contribution >= 4 is 22.4 Å². The van der Waals surface area contributed by atoms with Gasteiger partial charge in [-0.05, 0) is 14.0 Å². The monoisotopic (exact) mass is 229 g/mol. The van der Waals surface area contributed by atoms with E-state index in [9.17, 15) is 4.79 Å². The van der Waals surface area contributed by atoms with Gasteiger partial charge in [0.1, 0.15) is 10.7 Å². The van der Waals surface area contributed by atoms with E-state index in [4.69, 9.17) is 5.73 Å². The minimum absolute atomic E-state index is 0.225. The van der Waals surface area contributed by atoms with Crippen LogP contribution in [0.1, 0.15) is 12.6 Å². The summed E-state index contributed by atoms with van der Waals surface area (Å²) in [4.78, 5) is 12.5. The third-order valence-corrected chi connectivity index (χ3v) is 2.46. The second kappa shape index (κ2) is 5.62. The van der Waals surface area contributed by atoms with Crippen LogP contribution in [0, 0.1) is 0 Å². The average molecular weight is 229 g/mol. The van der Waals surface area contributed by atoms with Crippen LogP contribution in [-0.4, -0.2) is 40.5 Å². The highest BCUT2D eigenvalue weighted by Gasteiger charge is 2.10. The predicted molar refractivity (Wildman–Crippen MR) is 59.6 cm³/mol. The molecule has 0 aromatic carbocycles. The molecule has 0 bridgehead atoms. The Balaban J connectivity index is 2.55. The molecule has 7 heteroatoms. The fourth-order valence-electron chi connectivity index (χ4n) is 1.18. The predicted octanol–water partition coefficient (Wildman–Crippen LogP) is -0.113. The van der Waals surface area contributed by atoms with Crippen LogP contribution in [0.15, 0.2) is 0 Å². The van der Waals surface area contributed by atoms with Crippen LogP contribution in [0.3, 0.4) is 0 Å². The Morgan fingerprint density at radius 2 is 2.40 bits per heavy atom. The van der Waals surface area contributed by atoms with Crippen LogP contribution in [-0.2, 0) is 11.3 Å². The summed E-state index contributed by atoms with van der Waals surface area (Å²) < 4.78 is 3.86. The van der Waals surface area contributed by atoms with Gasteiger partial charge in [0.2, 0.25) is 5.91 Å². The maximum Gasteiger partial charge on any atom is 0.231 e. The standard InChI is InChI=1S/C8H15N5OS/c1-3-10-8-6(11-12-15-8)4-13(2)5-7(9)14/h10H,3-5H2,1-2H3,(H2,9,14). The molecule has 0 aliphatic carbocycles. The fourth-order valence-corrected chi connectivity index (χ4v) is 1.83. The number of likely N-dealkylation sites (N-methyl/N-ethyl adjacent to an activating group) is 1. The summed E-state index contributed by atoms with van der Waals surface area (Å²) in [6.45, 7) is 3.64. The topological polar surface area (TPSA) is 84.1 Å². The molecule has 1 rings (SSSR count). The number of carbonyl (C=O) groups excluding carboxylic acids is 1. The van der Waals surface area contributed by atoms with Crippen molar-refractivity contribution in [1.82, 2.24) is 14.5 Å². The van der Waals surface area contributed by atoms with Crippen LogP contribution in [0.2, 0.25) is 0 Å². The first kappa shape index (κ1) is 11.9. The zero-order valence-electron chi connectivity index (χ0n) is 8.86. The van der Waals surface area contributed by atoms with E-state index in [1.54, 1.807) is 4.90 Å². The van der Waals surface area contributed by atoms with Crippen molar-refractivity contribution in [2.24, 2.45) is 5.73 Å². The summed E-state index contributed by atoms with van der Waals surface area (Å²) in [5.74, 6) is -0.342. The van der Waals surface area contributed by atoms with Crippen LogP contribution >= 0.6 is 11.5 Å². The molecule has 0 radical (unpaired) electrons. The van der Waals surface area contributed by atoms with E-state index in [2.05, 4.69) is 14.9 Å². The quantitative estimate of drug-likeness (QED) is 0.711. The summed E-state index contributed by atoms with van der Waals surface area (Å²) >= 11 is 1.32. The van der Waals surface area contributed by atoms with E-state index in [0.29, 0.717) is 6.54 Å². The molecule has 1 aromatic heterocycles. The first-order chi connectivity index (χ1) is 7.13. The van der Waals surface area contributed by atoms with Crippen molar-refractivity contribution in [2.45, 2.75) is 13.5 Å². The highest BCUT2D eigenvalue weighted by molar-refractivity contribution is 7.10. The van der Waals surface area contributed by atoms with Crippen LogP contribution < -0.4 is 11.1 Å². The van der Waals surface area contributed by atoms with Gasteiger partial charge < -0.3 is 11.1 Å². The first-order valence-corrected chi connectivity index (χ1v) is 5.42. The van der Waals surface area contributed by atoms with Gasteiger partial charge in [0.05, 0.1) is 6.54 Å². The SMILES string of the molecule is CCNc1snnc1CN(C)CC(N)=O. The number of nitrogens with one attached hydrogen (secondary N) is 1. The van der Waals surface area contributed by atoms with Crippen molar-refractivity contribution < 1.29 is 4.79 Å². The van der Waals surface area contributed by atoms with E-state index in [-0.39, 0.29) is 12.5 Å². The van der Waals surface area contributed by atoms with Gasteiger partial charge in [-0.25, -0.2) is 0 Å². The van der Waals surface area contributed by atoms with Gasteiger partial charge in [-0.15, -0.1) is 5.10 Å². The van der Waals surface area contributed by atoms with E-state index in [1.165, 1.54) is 11.5 Å². The van der Waals surface area contributed by atoms with Crippen molar-refractivity contribution in [2.75, 3.05) is 25.5 Å². The van der Waals surface area contributed by atoms with Crippen LogP contribution in [0.4, 0.5) is 5.00 Å². The van der Waals surface area contributed by atoms with Crippen LogP contribution in [0.25, 0.3) is 0 Å². The first-order valence-electron chi connectivity index (χ1n) is 4.65. The largest absolute Gasteiger partial charge is 0.374 e. The summed E-state index contributed by atoms with van der Waals surface area (Å²) in [5.41, 5.74) is 5.94. The average Bonchev–Trinajstić information content (AvgIpc) is 2.52. The molecule has 0 atom stereocenters. The molecule has 0 fully saturated rings. The summed E-state index contributed by atoms with van der Waals surface area (Å²) in [6.07, 6.45) is 0. The van der Waals surface area contributed by atoms with Crippen molar-refractivity contribution in [3.63, 3.8) is 0 Å². The Kier molecular flexibility index (Phi) is 4.44. The Morgan fingerprint density at radius 1 is 1.67 bits per heavy atom. The third kappa shape index (κ3) is 3.80. The molecule has 0 saturated heterocycles. The number of hydrogen-bond donors (Lipinski definition) is 2. The summed E-state index contributed by atoms with van der Waals surface area (Å²) in [7, 11) is 1.82. The molecule has 1 amide bonds. The zero-order valence-corrected chi connectivity index (χ0v) is 9.67. The Bertz CT molecular complexity index is 327. The molecule has 1 aromatic rings. The number of carbonyl (C=O) groups is 1. The molecule has 0 aliphatic rings. The number of aromatic nitrogens is 2. The van der Waals surface area contributed by atoms with Gasteiger partial charge in [-0.2, -0.15) is 0 Å². The molecule has 84 valence electrons. The van der Waals surface area contributed by atoms with E-state index in [1.807, 2.05) is 14.0 Å². The maximum atomic E-state index is 10.7. The minimum atomic E-state index is -0.342. The number of primary amides is 1. The molecular formula is C8H15N5OS. The van der Waals surface area contributed by atoms with Gasteiger partial charge in [-0.3, -0.25) is 9.69 Å². The van der Waals surface area contributed by atoms with Crippen molar-refractivity contribution in [3.05, 3.63) is 5.69 Å². The zero-order chi connectivity index (χ0) is 11.3. The van der Waals surface area contributed by atoms with Crippen LogP contribution in [0.5, 0.6) is 0 Å². The Labute approximate surface area is 92.6 Å².